The summed E-state index contributed by atoms with van der Waals surface area (Å²) in [4.78, 5) is 18.4. The summed E-state index contributed by atoms with van der Waals surface area (Å²) < 4.78 is 30.8. The zero-order chi connectivity index (χ0) is 22.6. The fourth-order valence-electron chi connectivity index (χ4n) is 2.81. The molecule has 164 valence electrons. The second-order valence-corrected chi connectivity index (χ2v) is 9.64. The maximum absolute atomic E-state index is 12.7. The Morgan fingerprint density at radius 1 is 1.10 bits per heavy atom. The number of aromatic nitrogens is 2. The lowest BCUT2D eigenvalue weighted by Crippen LogP contribution is -2.40. The average Bonchev–Trinajstić information content (AvgIpc) is 3.17. The number of rotatable bonds is 8. The van der Waals surface area contributed by atoms with Gasteiger partial charge in [0, 0.05) is 24.2 Å². The van der Waals surface area contributed by atoms with Gasteiger partial charge in [-0.15, -0.1) is 0 Å². The van der Waals surface area contributed by atoms with E-state index in [-0.39, 0.29) is 25.5 Å². The fraction of sp³-hybridized carbons (Fsp3) is 0.286. The molecule has 0 unspecified atom stereocenters. The smallest absolute Gasteiger partial charge is 0.246 e. The Morgan fingerprint density at radius 2 is 1.77 bits per heavy atom. The molecule has 0 atom stereocenters. The SMILES string of the molecule is Cc1ccc(-c2noc(CN(C)C(=O)CN(Cc3ccccc3Cl)S(C)(=O)=O)n2)cc1. The number of carbonyl (C=O) groups excluding carboxylic acids is 1. The minimum absolute atomic E-state index is 0.00375. The molecular formula is C21H23ClN4O4S. The fourth-order valence-corrected chi connectivity index (χ4v) is 3.72. The molecule has 10 heteroatoms. The van der Waals surface area contributed by atoms with Gasteiger partial charge in [0.1, 0.15) is 0 Å². The summed E-state index contributed by atoms with van der Waals surface area (Å²) >= 11 is 6.14. The normalized spacial score (nSPS) is 11.6. The number of nitrogens with zero attached hydrogens (tertiary/aromatic N) is 4. The van der Waals surface area contributed by atoms with Crippen molar-refractivity contribution in [3.05, 3.63) is 70.6 Å². The van der Waals surface area contributed by atoms with Crippen LogP contribution in [0.25, 0.3) is 11.4 Å². The van der Waals surface area contributed by atoms with Crippen molar-refractivity contribution in [2.45, 2.75) is 20.0 Å². The molecule has 0 aliphatic rings. The van der Waals surface area contributed by atoms with Crippen LogP contribution < -0.4 is 0 Å². The first kappa shape index (κ1) is 22.9. The molecule has 3 aromatic rings. The number of amides is 1. The Labute approximate surface area is 186 Å². The summed E-state index contributed by atoms with van der Waals surface area (Å²) in [5, 5.41) is 4.39. The number of hydrogen-bond acceptors (Lipinski definition) is 6. The van der Waals surface area contributed by atoms with Gasteiger partial charge in [-0.2, -0.15) is 9.29 Å². The number of hydrogen-bond donors (Lipinski definition) is 0. The van der Waals surface area contributed by atoms with E-state index in [0.717, 1.165) is 21.7 Å². The molecule has 31 heavy (non-hydrogen) atoms. The highest BCUT2D eigenvalue weighted by molar-refractivity contribution is 7.88. The van der Waals surface area contributed by atoms with Crippen LogP contribution in [-0.4, -0.2) is 53.5 Å². The Balaban J connectivity index is 1.67. The number of benzene rings is 2. The van der Waals surface area contributed by atoms with Gasteiger partial charge >= 0.3 is 0 Å². The molecule has 0 saturated carbocycles. The highest BCUT2D eigenvalue weighted by Gasteiger charge is 2.24. The number of sulfonamides is 1. The van der Waals surface area contributed by atoms with Crippen LogP contribution in [0.3, 0.4) is 0 Å². The van der Waals surface area contributed by atoms with Crippen LogP contribution >= 0.6 is 11.6 Å². The van der Waals surface area contributed by atoms with Gasteiger partial charge in [0.25, 0.3) is 0 Å². The van der Waals surface area contributed by atoms with Gasteiger partial charge in [0.05, 0.1) is 19.3 Å². The number of likely N-dealkylation sites (N-methyl/N-ethyl adjacent to an activating group) is 1. The molecule has 3 rings (SSSR count). The third-order valence-electron chi connectivity index (χ3n) is 4.66. The maximum Gasteiger partial charge on any atom is 0.246 e. The quantitative estimate of drug-likeness (QED) is 0.510. The molecule has 1 aromatic heterocycles. The molecule has 0 spiro atoms. The minimum Gasteiger partial charge on any atom is -0.337 e. The zero-order valence-electron chi connectivity index (χ0n) is 17.4. The molecule has 1 heterocycles. The average molecular weight is 463 g/mol. The largest absolute Gasteiger partial charge is 0.337 e. The first-order valence-electron chi connectivity index (χ1n) is 9.45. The number of halogens is 1. The van der Waals surface area contributed by atoms with Crippen LogP contribution in [0.1, 0.15) is 17.0 Å². The second kappa shape index (κ2) is 9.59. The molecule has 0 N–H and O–H groups in total. The number of aryl methyl sites for hydroxylation is 1. The van der Waals surface area contributed by atoms with E-state index in [9.17, 15) is 13.2 Å². The van der Waals surface area contributed by atoms with Crippen molar-refractivity contribution < 1.29 is 17.7 Å². The second-order valence-electron chi connectivity index (χ2n) is 7.25. The summed E-state index contributed by atoms with van der Waals surface area (Å²) in [6, 6.07) is 14.6. The van der Waals surface area contributed by atoms with Crippen LogP contribution in [0.5, 0.6) is 0 Å². The van der Waals surface area contributed by atoms with Crippen molar-refractivity contribution in [1.29, 1.82) is 0 Å². The van der Waals surface area contributed by atoms with E-state index in [4.69, 9.17) is 16.1 Å². The van der Waals surface area contributed by atoms with Crippen molar-refractivity contribution in [2.75, 3.05) is 19.8 Å². The van der Waals surface area contributed by atoms with E-state index in [1.165, 1.54) is 4.90 Å². The molecule has 0 radical (unpaired) electrons. The van der Waals surface area contributed by atoms with Gasteiger partial charge < -0.3 is 9.42 Å². The topological polar surface area (TPSA) is 96.6 Å². The molecule has 0 aliphatic carbocycles. The van der Waals surface area contributed by atoms with E-state index in [1.807, 2.05) is 31.2 Å². The van der Waals surface area contributed by atoms with Crippen LogP contribution in [0.15, 0.2) is 53.1 Å². The van der Waals surface area contributed by atoms with Crippen LogP contribution in [0, 0.1) is 6.92 Å². The molecule has 8 nitrogen and oxygen atoms in total. The van der Waals surface area contributed by atoms with Crippen molar-refractivity contribution in [3.8, 4) is 11.4 Å². The predicted octanol–water partition coefficient (Wildman–Crippen LogP) is 3.12. The van der Waals surface area contributed by atoms with Gasteiger partial charge in [-0.1, -0.05) is 64.8 Å². The molecule has 2 aromatic carbocycles. The maximum atomic E-state index is 12.7. The zero-order valence-corrected chi connectivity index (χ0v) is 19.0. The van der Waals surface area contributed by atoms with E-state index in [2.05, 4.69) is 10.1 Å². The third kappa shape index (κ3) is 6.13. The lowest BCUT2D eigenvalue weighted by atomic mass is 10.1. The Bertz CT molecular complexity index is 1160. The standard InChI is InChI=1S/C21H23ClN4O4S/c1-15-8-10-16(11-9-15)21-23-19(30-24-21)13-25(2)20(27)14-26(31(3,28)29)12-17-6-4-5-7-18(17)22/h4-11H,12-14H2,1-3H3. The molecule has 1 amide bonds. The number of carbonyl (C=O) groups is 1. The summed E-state index contributed by atoms with van der Waals surface area (Å²) in [7, 11) is -2.09. The van der Waals surface area contributed by atoms with E-state index in [1.54, 1.807) is 31.3 Å². The summed E-state index contributed by atoms with van der Waals surface area (Å²) in [6.45, 7) is 1.70. The molecule has 0 saturated heterocycles. The van der Waals surface area contributed by atoms with Crippen molar-refractivity contribution >= 4 is 27.5 Å². The molecule has 0 bridgehead atoms. The molecular weight excluding hydrogens is 440 g/mol. The predicted molar refractivity (Wildman–Crippen MR) is 118 cm³/mol. The Hall–Kier alpha value is -2.75. The van der Waals surface area contributed by atoms with Gasteiger partial charge in [-0.3, -0.25) is 4.79 Å². The highest BCUT2D eigenvalue weighted by Crippen LogP contribution is 2.19. The first-order chi connectivity index (χ1) is 14.6. The highest BCUT2D eigenvalue weighted by atomic mass is 35.5. The van der Waals surface area contributed by atoms with Gasteiger partial charge in [0.15, 0.2) is 0 Å². The van der Waals surface area contributed by atoms with Gasteiger partial charge in [-0.05, 0) is 18.6 Å². The van der Waals surface area contributed by atoms with Crippen molar-refractivity contribution in [3.63, 3.8) is 0 Å². The van der Waals surface area contributed by atoms with Crippen LogP contribution in [0.4, 0.5) is 0 Å². The summed E-state index contributed by atoms with van der Waals surface area (Å²) in [5.74, 6) is 0.267. The molecule has 0 aliphatic heterocycles. The van der Waals surface area contributed by atoms with Crippen molar-refractivity contribution in [2.24, 2.45) is 0 Å². The summed E-state index contributed by atoms with van der Waals surface area (Å²) in [5.41, 5.74) is 2.53. The lowest BCUT2D eigenvalue weighted by Gasteiger charge is -2.23. The first-order valence-corrected chi connectivity index (χ1v) is 11.7. The van der Waals surface area contributed by atoms with E-state index < -0.39 is 15.9 Å². The van der Waals surface area contributed by atoms with Crippen molar-refractivity contribution in [1.82, 2.24) is 19.3 Å². The van der Waals surface area contributed by atoms with E-state index >= 15 is 0 Å². The van der Waals surface area contributed by atoms with Gasteiger partial charge in [0.2, 0.25) is 27.6 Å². The Kier molecular flexibility index (Phi) is 7.09. The molecule has 0 fully saturated rings. The minimum atomic E-state index is -3.64. The van der Waals surface area contributed by atoms with Crippen LogP contribution in [0.2, 0.25) is 5.02 Å². The lowest BCUT2D eigenvalue weighted by molar-refractivity contribution is -0.131. The Morgan fingerprint density at radius 3 is 2.42 bits per heavy atom. The van der Waals surface area contributed by atoms with E-state index in [0.29, 0.717) is 16.4 Å². The van der Waals surface area contributed by atoms with Gasteiger partial charge in [-0.25, -0.2) is 8.42 Å². The monoisotopic (exact) mass is 462 g/mol. The summed E-state index contributed by atoms with van der Waals surface area (Å²) in [6.07, 6.45) is 1.06. The van der Waals surface area contributed by atoms with Crippen LogP contribution in [-0.2, 0) is 27.9 Å². The third-order valence-corrected chi connectivity index (χ3v) is 6.23.